The maximum Gasteiger partial charge on any atom is 0.146 e. The fourth-order valence-corrected chi connectivity index (χ4v) is 3.69. The Morgan fingerprint density at radius 3 is 3.00 bits per heavy atom. The average Bonchev–Trinajstić information content (AvgIpc) is 2.70. The molecule has 1 aromatic heterocycles. The molecule has 0 spiro atoms. The van der Waals surface area contributed by atoms with Crippen LogP contribution >= 0.6 is 11.8 Å². The zero-order chi connectivity index (χ0) is 13.1. The fraction of sp³-hybridized carbons (Fsp3) is 0.692. The maximum absolute atomic E-state index is 9.15. The van der Waals surface area contributed by atoms with Crippen molar-refractivity contribution in [2.24, 2.45) is 11.1 Å². The van der Waals surface area contributed by atoms with Gasteiger partial charge >= 0.3 is 0 Å². The van der Waals surface area contributed by atoms with Crippen molar-refractivity contribution in [1.29, 1.82) is 0 Å². The third-order valence-electron chi connectivity index (χ3n) is 3.42. The molecule has 1 aliphatic rings. The summed E-state index contributed by atoms with van der Waals surface area (Å²) in [6, 6.07) is 0. The summed E-state index contributed by atoms with van der Waals surface area (Å²) < 4.78 is 5.34. The standard InChI is InChI=1S/C13H20N2O2S/c1-4-18-8(2)5-10-6-11(14-16)13-9(3)15-17-12(13)7-10/h8,10,16H,4-7H2,1-3H3/b14-11+/t8-,10-/m0/s1. The molecule has 2 rings (SSSR count). The van der Waals surface area contributed by atoms with Crippen molar-refractivity contribution in [3.05, 3.63) is 17.0 Å². The van der Waals surface area contributed by atoms with Crippen LogP contribution in [0.1, 0.15) is 43.7 Å². The van der Waals surface area contributed by atoms with Crippen LogP contribution in [-0.2, 0) is 6.42 Å². The lowest BCUT2D eigenvalue weighted by molar-refractivity contribution is 0.310. The van der Waals surface area contributed by atoms with E-state index in [0.717, 1.165) is 47.7 Å². The summed E-state index contributed by atoms with van der Waals surface area (Å²) in [5.74, 6) is 2.51. The molecule has 0 aromatic carbocycles. The quantitative estimate of drug-likeness (QED) is 0.672. The van der Waals surface area contributed by atoms with E-state index in [1.165, 1.54) is 0 Å². The molecular formula is C13H20N2O2S. The Morgan fingerprint density at radius 2 is 2.33 bits per heavy atom. The highest BCUT2D eigenvalue weighted by Crippen LogP contribution is 2.32. The number of thioether (sulfide) groups is 1. The van der Waals surface area contributed by atoms with Crippen molar-refractivity contribution in [2.75, 3.05) is 5.75 Å². The number of fused-ring (bicyclic) bond motifs is 1. The van der Waals surface area contributed by atoms with E-state index < -0.39 is 0 Å². The van der Waals surface area contributed by atoms with E-state index in [-0.39, 0.29) is 0 Å². The molecule has 0 fully saturated rings. The molecule has 2 atom stereocenters. The largest absolute Gasteiger partial charge is 0.411 e. The Morgan fingerprint density at radius 1 is 1.56 bits per heavy atom. The lowest BCUT2D eigenvalue weighted by atomic mass is 9.83. The van der Waals surface area contributed by atoms with Gasteiger partial charge in [0.25, 0.3) is 0 Å². The van der Waals surface area contributed by atoms with E-state index in [0.29, 0.717) is 11.2 Å². The SMILES string of the molecule is CCS[C@@H](C)C[C@H]1C/C(=N\O)c2c(C)noc2C1. The number of oxime groups is 1. The zero-order valence-corrected chi connectivity index (χ0v) is 12.0. The first-order chi connectivity index (χ1) is 8.65. The molecule has 0 radical (unpaired) electrons. The van der Waals surface area contributed by atoms with Crippen LogP contribution in [0.25, 0.3) is 0 Å². The summed E-state index contributed by atoms with van der Waals surface area (Å²) in [5.41, 5.74) is 2.48. The fourth-order valence-electron chi connectivity index (χ4n) is 2.72. The van der Waals surface area contributed by atoms with E-state index in [9.17, 15) is 0 Å². The minimum absolute atomic E-state index is 0.491. The minimum Gasteiger partial charge on any atom is -0.411 e. The normalized spacial score (nSPS) is 23.1. The number of rotatable bonds is 4. The van der Waals surface area contributed by atoms with E-state index in [1.54, 1.807) is 0 Å². The van der Waals surface area contributed by atoms with Gasteiger partial charge in [-0.1, -0.05) is 24.2 Å². The molecule has 18 heavy (non-hydrogen) atoms. The number of aromatic nitrogens is 1. The number of nitrogens with zero attached hydrogens (tertiary/aromatic N) is 2. The number of hydrogen-bond acceptors (Lipinski definition) is 5. The first kappa shape index (κ1) is 13.5. The molecule has 1 aliphatic carbocycles. The van der Waals surface area contributed by atoms with E-state index in [2.05, 4.69) is 24.2 Å². The van der Waals surface area contributed by atoms with Crippen molar-refractivity contribution >= 4 is 17.5 Å². The van der Waals surface area contributed by atoms with Gasteiger partial charge in [-0.2, -0.15) is 11.8 Å². The monoisotopic (exact) mass is 268 g/mol. The molecular weight excluding hydrogens is 248 g/mol. The second-order valence-corrected chi connectivity index (χ2v) is 6.60. The van der Waals surface area contributed by atoms with Gasteiger partial charge in [0.1, 0.15) is 5.76 Å². The molecule has 0 saturated heterocycles. The topological polar surface area (TPSA) is 58.6 Å². The van der Waals surface area contributed by atoms with Gasteiger partial charge in [-0.3, -0.25) is 0 Å². The van der Waals surface area contributed by atoms with Gasteiger partial charge in [0, 0.05) is 11.7 Å². The molecule has 1 aromatic rings. The van der Waals surface area contributed by atoms with Crippen molar-refractivity contribution in [1.82, 2.24) is 5.16 Å². The third-order valence-corrected chi connectivity index (χ3v) is 4.51. The van der Waals surface area contributed by atoms with Crippen LogP contribution in [0.3, 0.4) is 0 Å². The average molecular weight is 268 g/mol. The molecule has 0 bridgehead atoms. The van der Waals surface area contributed by atoms with Crippen molar-refractivity contribution in [3.63, 3.8) is 0 Å². The highest BCUT2D eigenvalue weighted by molar-refractivity contribution is 7.99. The van der Waals surface area contributed by atoms with Crippen LogP contribution in [0.4, 0.5) is 0 Å². The number of hydrogen-bond donors (Lipinski definition) is 1. The third kappa shape index (κ3) is 2.71. The van der Waals surface area contributed by atoms with Gasteiger partial charge in [0.05, 0.1) is 17.0 Å². The highest BCUT2D eigenvalue weighted by atomic mass is 32.2. The Labute approximate surface area is 112 Å². The predicted octanol–water partition coefficient (Wildman–Crippen LogP) is 3.26. The molecule has 0 unspecified atom stereocenters. The van der Waals surface area contributed by atoms with E-state index >= 15 is 0 Å². The summed E-state index contributed by atoms with van der Waals surface area (Å²) in [5, 5.41) is 17.2. The molecule has 0 saturated carbocycles. The van der Waals surface area contributed by atoms with Gasteiger partial charge in [0.2, 0.25) is 0 Å². The summed E-state index contributed by atoms with van der Waals surface area (Å²) in [4.78, 5) is 0. The van der Waals surface area contributed by atoms with Gasteiger partial charge < -0.3 is 9.73 Å². The summed E-state index contributed by atoms with van der Waals surface area (Å²) >= 11 is 1.97. The molecule has 1 N–H and O–H groups in total. The minimum atomic E-state index is 0.491. The molecule has 5 heteroatoms. The molecule has 0 aliphatic heterocycles. The van der Waals surface area contributed by atoms with Crippen LogP contribution in [0, 0.1) is 12.8 Å². The molecule has 4 nitrogen and oxygen atoms in total. The van der Waals surface area contributed by atoms with Crippen molar-refractivity contribution < 1.29 is 9.73 Å². The van der Waals surface area contributed by atoms with Gasteiger partial charge in [-0.15, -0.1) is 0 Å². The second-order valence-electron chi connectivity index (χ2n) is 4.89. The van der Waals surface area contributed by atoms with Gasteiger partial charge in [0.15, 0.2) is 0 Å². The van der Waals surface area contributed by atoms with Gasteiger partial charge in [-0.05, 0) is 31.4 Å². The van der Waals surface area contributed by atoms with E-state index in [4.69, 9.17) is 9.73 Å². The van der Waals surface area contributed by atoms with Crippen LogP contribution in [-0.4, -0.2) is 27.1 Å². The lowest BCUT2D eigenvalue weighted by Gasteiger charge is -2.24. The van der Waals surface area contributed by atoms with Crippen LogP contribution in [0.2, 0.25) is 0 Å². The van der Waals surface area contributed by atoms with Crippen LogP contribution in [0.5, 0.6) is 0 Å². The predicted molar refractivity (Wildman–Crippen MR) is 73.6 cm³/mol. The van der Waals surface area contributed by atoms with Gasteiger partial charge in [-0.25, -0.2) is 0 Å². The Bertz CT molecular complexity index is 442. The number of aryl methyl sites for hydroxylation is 1. The first-order valence-corrected chi connectivity index (χ1v) is 7.48. The Balaban J connectivity index is 2.12. The second kappa shape index (κ2) is 5.78. The highest BCUT2D eigenvalue weighted by Gasteiger charge is 2.30. The molecule has 100 valence electrons. The summed E-state index contributed by atoms with van der Waals surface area (Å²) in [6.07, 6.45) is 2.85. The smallest absolute Gasteiger partial charge is 0.146 e. The maximum atomic E-state index is 9.15. The van der Waals surface area contributed by atoms with Crippen LogP contribution in [0.15, 0.2) is 9.68 Å². The summed E-state index contributed by atoms with van der Waals surface area (Å²) in [6.45, 7) is 6.33. The van der Waals surface area contributed by atoms with E-state index in [1.807, 2.05) is 18.7 Å². The lowest BCUT2D eigenvalue weighted by Crippen LogP contribution is -2.22. The first-order valence-electron chi connectivity index (χ1n) is 6.43. The Hall–Kier alpha value is -0.970. The van der Waals surface area contributed by atoms with Crippen LogP contribution < -0.4 is 0 Å². The molecule has 1 heterocycles. The van der Waals surface area contributed by atoms with Crippen molar-refractivity contribution in [2.45, 2.75) is 45.3 Å². The molecule has 0 amide bonds. The summed E-state index contributed by atoms with van der Waals surface area (Å²) in [7, 11) is 0. The van der Waals surface area contributed by atoms with Crippen molar-refractivity contribution in [3.8, 4) is 0 Å². The zero-order valence-electron chi connectivity index (χ0n) is 11.1. The Kier molecular flexibility index (Phi) is 4.32.